The van der Waals surface area contributed by atoms with Gasteiger partial charge in [0.15, 0.2) is 46.0 Å². The molecule has 0 fully saturated rings. The Morgan fingerprint density at radius 1 is 0.403 bits per heavy atom. The lowest BCUT2D eigenvalue weighted by atomic mass is 9.71. The van der Waals surface area contributed by atoms with Gasteiger partial charge in [0.05, 0.1) is 77.0 Å². The molecule has 72 heavy (non-hydrogen) atoms. The maximum absolute atomic E-state index is 7.22. The lowest BCUT2D eigenvalue weighted by molar-refractivity contribution is 0.181. The number of nitrogens with one attached hydrogen (secondary N) is 4. The van der Waals surface area contributed by atoms with E-state index in [0.29, 0.717) is 77.9 Å². The monoisotopic (exact) mass is 1070 g/mol. The second-order valence-electron chi connectivity index (χ2n) is 19.6. The first-order valence-corrected chi connectivity index (χ1v) is 27.1. The zero-order valence-corrected chi connectivity index (χ0v) is 46.6. The molecule has 0 aliphatic carbocycles. The molecule has 0 saturated heterocycles. The Morgan fingerprint density at radius 3 is 0.833 bits per heavy atom. The quantitative estimate of drug-likeness (QED) is 0.0636. The molecule has 4 aromatic rings. The third-order valence-corrected chi connectivity index (χ3v) is 17.9. The van der Waals surface area contributed by atoms with Crippen molar-refractivity contribution in [1.82, 2.24) is 21.3 Å². The summed E-state index contributed by atoms with van der Waals surface area (Å²) in [5.41, 5.74) is 8.95. The lowest BCUT2D eigenvalue weighted by Crippen LogP contribution is -2.44. The summed E-state index contributed by atoms with van der Waals surface area (Å²) >= 11 is 28.9. The molecule has 4 aliphatic heterocycles. The number of benzene rings is 4. The fraction of sp³-hybridized carbons (Fsp3) is 0.571. The highest BCUT2D eigenvalue weighted by atomic mass is 35.5. The van der Waals surface area contributed by atoms with Crippen LogP contribution in [0.4, 0.5) is 0 Å². The largest absolute Gasteiger partial charge is 0.493 e. The molecule has 4 heterocycles. The Balaban J connectivity index is 1.17. The van der Waals surface area contributed by atoms with Crippen molar-refractivity contribution in [3.63, 3.8) is 0 Å². The predicted molar refractivity (Wildman–Crippen MR) is 289 cm³/mol. The molecule has 4 aliphatic rings. The summed E-state index contributed by atoms with van der Waals surface area (Å²) in [6.07, 6.45) is 9.13. The molecule has 12 nitrogen and oxygen atoms in total. The van der Waals surface area contributed by atoms with Crippen LogP contribution in [0, 0.1) is 23.7 Å². The highest BCUT2D eigenvalue weighted by molar-refractivity contribution is 6.34. The van der Waals surface area contributed by atoms with Crippen LogP contribution in [0.3, 0.4) is 0 Å². The van der Waals surface area contributed by atoms with Crippen LogP contribution >= 0.6 is 46.4 Å². The maximum atomic E-state index is 7.22. The van der Waals surface area contributed by atoms with Gasteiger partial charge in [0.1, 0.15) is 0 Å². The fourth-order valence-corrected chi connectivity index (χ4v) is 14.2. The van der Waals surface area contributed by atoms with Crippen LogP contribution in [0.25, 0.3) is 0 Å². The Kier molecular flexibility index (Phi) is 18.4. The van der Waals surface area contributed by atoms with Gasteiger partial charge in [-0.05, 0) is 157 Å². The van der Waals surface area contributed by atoms with Crippen molar-refractivity contribution in [3.05, 3.63) is 88.9 Å². The van der Waals surface area contributed by atoms with Crippen LogP contribution in [0.5, 0.6) is 46.0 Å². The van der Waals surface area contributed by atoms with E-state index in [2.05, 4.69) is 59.4 Å². The number of fused-ring (bicyclic) bond motifs is 4. The third-order valence-electron chi connectivity index (χ3n) is 16.3. The second kappa shape index (κ2) is 24.3. The van der Waals surface area contributed by atoms with E-state index in [-0.39, 0.29) is 36.0 Å². The molecular weight excluding hydrogens is 998 g/mol. The number of hydrogen-bond acceptors (Lipinski definition) is 12. The van der Waals surface area contributed by atoms with Crippen molar-refractivity contribution < 1.29 is 37.9 Å². The zero-order valence-electron chi connectivity index (χ0n) is 43.6. The number of hydrogen-bond donors (Lipinski definition) is 4. The number of ether oxygens (including phenoxy) is 8. The number of halogens is 4. The number of rotatable bonds is 21. The van der Waals surface area contributed by atoms with E-state index >= 15 is 0 Å². The van der Waals surface area contributed by atoms with Gasteiger partial charge in [0.2, 0.25) is 0 Å². The van der Waals surface area contributed by atoms with Crippen molar-refractivity contribution in [3.8, 4) is 46.0 Å². The smallest absolute Gasteiger partial charge is 0.179 e. The first kappa shape index (κ1) is 54.5. The molecule has 0 spiro atoms. The predicted octanol–water partition coefficient (Wildman–Crippen LogP) is 12.1. The van der Waals surface area contributed by atoms with Gasteiger partial charge < -0.3 is 59.2 Å². The molecule has 394 valence electrons. The average molecular weight is 1070 g/mol. The summed E-state index contributed by atoms with van der Waals surface area (Å²) in [5.74, 6) is 5.71. The van der Waals surface area contributed by atoms with E-state index in [1.807, 2.05) is 0 Å². The van der Waals surface area contributed by atoms with Crippen LogP contribution in [0.1, 0.15) is 121 Å². The molecule has 4 aromatic carbocycles. The molecule has 0 saturated carbocycles. The Labute approximate surface area is 447 Å². The van der Waals surface area contributed by atoms with Gasteiger partial charge in [0.25, 0.3) is 0 Å². The van der Waals surface area contributed by atoms with Crippen LogP contribution in [0.15, 0.2) is 24.3 Å². The highest BCUT2D eigenvalue weighted by Crippen LogP contribution is 2.54. The molecular formula is C56H74Cl4N4O8. The molecule has 16 heteroatoms. The topological polar surface area (TPSA) is 122 Å². The first-order valence-electron chi connectivity index (χ1n) is 25.6. The molecule has 0 aromatic heterocycles. The second-order valence-corrected chi connectivity index (χ2v) is 21.1. The molecule has 6 unspecified atom stereocenters. The van der Waals surface area contributed by atoms with Gasteiger partial charge in [0, 0.05) is 24.2 Å². The van der Waals surface area contributed by atoms with Crippen molar-refractivity contribution in [2.24, 2.45) is 23.7 Å². The van der Waals surface area contributed by atoms with E-state index in [9.17, 15) is 0 Å². The highest BCUT2D eigenvalue weighted by Gasteiger charge is 2.43. The lowest BCUT2D eigenvalue weighted by Gasteiger charge is -2.43. The van der Waals surface area contributed by atoms with Crippen LogP contribution in [-0.4, -0.2) is 83.1 Å². The van der Waals surface area contributed by atoms with Crippen LogP contribution in [-0.2, 0) is 25.7 Å². The van der Waals surface area contributed by atoms with Crippen molar-refractivity contribution >= 4 is 46.4 Å². The van der Waals surface area contributed by atoms with Crippen LogP contribution < -0.4 is 59.2 Å². The summed E-state index contributed by atoms with van der Waals surface area (Å²) in [4.78, 5) is 0. The minimum absolute atomic E-state index is 0.0541. The molecule has 4 N–H and O–H groups in total. The van der Waals surface area contributed by atoms with Crippen LogP contribution in [0.2, 0.25) is 20.1 Å². The van der Waals surface area contributed by atoms with Gasteiger partial charge in [-0.25, -0.2) is 0 Å². The van der Waals surface area contributed by atoms with E-state index in [4.69, 9.17) is 84.3 Å². The Bertz CT molecular complexity index is 2230. The third kappa shape index (κ3) is 10.3. The summed E-state index contributed by atoms with van der Waals surface area (Å²) < 4.78 is 47.0. The summed E-state index contributed by atoms with van der Waals surface area (Å²) in [6, 6.07) is 8.32. The van der Waals surface area contributed by atoms with Crippen molar-refractivity contribution in [2.45, 2.75) is 102 Å². The summed E-state index contributed by atoms with van der Waals surface area (Å²) in [5, 5.41) is 18.4. The van der Waals surface area contributed by atoms with Gasteiger partial charge >= 0.3 is 0 Å². The van der Waals surface area contributed by atoms with E-state index in [1.54, 1.807) is 56.9 Å². The van der Waals surface area contributed by atoms with Gasteiger partial charge in [-0.15, -0.1) is 0 Å². The van der Waals surface area contributed by atoms with Crippen molar-refractivity contribution in [1.29, 1.82) is 0 Å². The standard InChI is InChI=1S/C56H74Cl4N4O8/c1-11-29(23-39(49-35-25-41(65-3)53(69-7)45(57)31(35)15-19-61-49)50-36-26-42(66-4)54(70-8)46(58)32(36)16-20-62-50)13-14-30(12-2)24-40(51-37-27-43(67-5)55(71-9)47(59)33(37)17-21-63-51)52-38-28-44(68-6)56(72-10)48(60)34(38)18-22-64-52/h25-30,39-40,49-52,61-64H,11-24H2,1-10H3. The maximum Gasteiger partial charge on any atom is 0.179 e. The normalized spacial score (nSPS) is 20.9. The van der Waals surface area contributed by atoms with E-state index in [0.717, 1.165) is 135 Å². The van der Waals surface area contributed by atoms with Gasteiger partial charge in [-0.3, -0.25) is 0 Å². The minimum atomic E-state index is -0.0541. The van der Waals surface area contributed by atoms with Gasteiger partial charge in [-0.2, -0.15) is 0 Å². The van der Waals surface area contributed by atoms with E-state index < -0.39 is 0 Å². The number of methoxy groups -OCH3 is 8. The molecule has 0 amide bonds. The van der Waals surface area contributed by atoms with Gasteiger partial charge in [-0.1, -0.05) is 85.9 Å². The van der Waals surface area contributed by atoms with Crippen molar-refractivity contribution in [2.75, 3.05) is 83.1 Å². The zero-order chi connectivity index (χ0) is 51.4. The fourth-order valence-electron chi connectivity index (χ4n) is 12.7. The molecule has 6 atom stereocenters. The summed E-state index contributed by atoms with van der Waals surface area (Å²) in [6.45, 7) is 7.78. The SMILES string of the molecule is CCC(CCC(CC)CC(C1NCCc2c1cc(OC)c(OC)c2Cl)C1NCCc2c1cc(OC)c(OC)c2Cl)CC(C1NCCc2c1cc(OC)c(OC)c2Cl)C1NCCc2c1cc(OC)c(OC)c2Cl. The minimum Gasteiger partial charge on any atom is -0.493 e. The van der Waals surface area contributed by atoms with E-state index in [1.165, 1.54) is 0 Å². The average Bonchev–Trinajstić information content (AvgIpc) is 3.41. The Hall–Kier alpha value is -3.72. The Morgan fingerprint density at radius 2 is 0.639 bits per heavy atom. The first-order chi connectivity index (χ1) is 34.9. The molecule has 0 bridgehead atoms. The molecule has 0 radical (unpaired) electrons. The molecule has 8 rings (SSSR count). The summed E-state index contributed by atoms with van der Waals surface area (Å²) in [7, 11) is 13.3.